The Morgan fingerprint density at radius 2 is 1.84 bits per heavy atom. The van der Waals surface area contributed by atoms with Crippen molar-refractivity contribution in [3.05, 3.63) is 23.8 Å². The first-order valence-electron chi connectivity index (χ1n) is 7.39. The lowest BCUT2D eigenvalue weighted by Crippen LogP contribution is -2.34. The topological polar surface area (TPSA) is 30.5 Å². The van der Waals surface area contributed by atoms with Gasteiger partial charge in [-0.15, -0.1) is 0 Å². The highest BCUT2D eigenvalue weighted by Crippen LogP contribution is 2.35. The standard InChI is InChI=1S/C16H23NO2/c1-11(13-5-3-4-6-13)17-12(2)14-7-8-15-16(9-14)19-10-18-15/h7-9,11-13,17H,3-6,10H2,1-2H3/t11-,12?/m0/s1. The molecule has 1 fully saturated rings. The summed E-state index contributed by atoms with van der Waals surface area (Å²) in [6.07, 6.45) is 5.55. The van der Waals surface area contributed by atoms with Crippen molar-refractivity contribution < 1.29 is 9.47 Å². The summed E-state index contributed by atoms with van der Waals surface area (Å²) in [7, 11) is 0. The lowest BCUT2D eigenvalue weighted by molar-refractivity contribution is 0.174. The first-order chi connectivity index (χ1) is 9.24. The third kappa shape index (κ3) is 2.71. The Balaban J connectivity index is 1.64. The molecule has 1 aromatic carbocycles. The molecular weight excluding hydrogens is 238 g/mol. The number of benzene rings is 1. The lowest BCUT2D eigenvalue weighted by Gasteiger charge is -2.25. The summed E-state index contributed by atoms with van der Waals surface area (Å²) < 4.78 is 10.8. The van der Waals surface area contributed by atoms with Gasteiger partial charge in [-0.1, -0.05) is 18.9 Å². The van der Waals surface area contributed by atoms with Gasteiger partial charge in [0.05, 0.1) is 0 Å². The van der Waals surface area contributed by atoms with Gasteiger partial charge < -0.3 is 14.8 Å². The zero-order valence-electron chi connectivity index (χ0n) is 11.8. The molecule has 0 aromatic heterocycles. The van der Waals surface area contributed by atoms with Gasteiger partial charge in [0.15, 0.2) is 11.5 Å². The van der Waals surface area contributed by atoms with E-state index in [1.54, 1.807) is 0 Å². The molecule has 3 heteroatoms. The van der Waals surface area contributed by atoms with E-state index in [1.807, 2.05) is 6.07 Å². The van der Waals surface area contributed by atoms with Crippen LogP contribution in [0.3, 0.4) is 0 Å². The van der Waals surface area contributed by atoms with E-state index < -0.39 is 0 Å². The van der Waals surface area contributed by atoms with E-state index in [1.165, 1.54) is 31.2 Å². The highest BCUT2D eigenvalue weighted by molar-refractivity contribution is 5.45. The Morgan fingerprint density at radius 3 is 2.63 bits per heavy atom. The van der Waals surface area contributed by atoms with E-state index in [0.717, 1.165) is 17.4 Å². The molecule has 0 saturated heterocycles. The maximum atomic E-state index is 5.44. The van der Waals surface area contributed by atoms with Gasteiger partial charge in [-0.3, -0.25) is 0 Å². The summed E-state index contributed by atoms with van der Waals surface area (Å²) in [4.78, 5) is 0. The van der Waals surface area contributed by atoms with Crippen LogP contribution in [0.1, 0.15) is 51.1 Å². The molecule has 2 aliphatic rings. The largest absolute Gasteiger partial charge is 0.454 e. The molecule has 0 spiro atoms. The number of nitrogens with one attached hydrogen (secondary N) is 1. The zero-order chi connectivity index (χ0) is 13.2. The van der Waals surface area contributed by atoms with Crippen LogP contribution in [0.15, 0.2) is 18.2 Å². The molecule has 3 rings (SSSR count). The molecule has 1 N–H and O–H groups in total. The number of rotatable bonds is 4. The third-order valence-corrected chi connectivity index (χ3v) is 4.52. The Bertz CT molecular complexity index is 440. The fourth-order valence-electron chi connectivity index (χ4n) is 3.27. The van der Waals surface area contributed by atoms with Crippen LogP contribution in [0, 0.1) is 5.92 Å². The smallest absolute Gasteiger partial charge is 0.231 e. The summed E-state index contributed by atoms with van der Waals surface area (Å²) in [5.74, 6) is 2.58. The first kappa shape index (κ1) is 12.8. The second kappa shape index (κ2) is 5.41. The number of ether oxygens (including phenoxy) is 2. The van der Waals surface area contributed by atoms with E-state index in [0.29, 0.717) is 18.9 Å². The van der Waals surface area contributed by atoms with Gasteiger partial charge in [0.25, 0.3) is 0 Å². The molecule has 0 radical (unpaired) electrons. The summed E-state index contributed by atoms with van der Waals surface area (Å²) in [6.45, 7) is 4.89. The zero-order valence-corrected chi connectivity index (χ0v) is 11.8. The molecule has 3 nitrogen and oxygen atoms in total. The Kier molecular flexibility index (Phi) is 3.65. The minimum atomic E-state index is 0.346. The second-order valence-corrected chi connectivity index (χ2v) is 5.83. The minimum Gasteiger partial charge on any atom is -0.454 e. The highest BCUT2D eigenvalue weighted by Gasteiger charge is 2.23. The molecule has 0 bridgehead atoms. The van der Waals surface area contributed by atoms with E-state index in [9.17, 15) is 0 Å². The highest BCUT2D eigenvalue weighted by atomic mass is 16.7. The van der Waals surface area contributed by atoms with Crippen LogP contribution in [-0.2, 0) is 0 Å². The van der Waals surface area contributed by atoms with Crippen molar-refractivity contribution in [3.63, 3.8) is 0 Å². The molecule has 1 aliphatic heterocycles. The Labute approximate surface area is 115 Å². The molecule has 1 saturated carbocycles. The fourth-order valence-corrected chi connectivity index (χ4v) is 3.27. The number of hydrogen-bond acceptors (Lipinski definition) is 3. The van der Waals surface area contributed by atoms with Gasteiger partial charge >= 0.3 is 0 Å². The molecular formula is C16H23NO2. The van der Waals surface area contributed by atoms with Gasteiger partial charge in [-0.25, -0.2) is 0 Å². The maximum Gasteiger partial charge on any atom is 0.231 e. The Morgan fingerprint density at radius 1 is 1.11 bits per heavy atom. The average molecular weight is 261 g/mol. The van der Waals surface area contributed by atoms with Crippen LogP contribution in [0.2, 0.25) is 0 Å². The van der Waals surface area contributed by atoms with Crippen LogP contribution in [0.5, 0.6) is 11.5 Å². The summed E-state index contributed by atoms with van der Waals surface area (Å²) >= 11 is 0. The molecule has 1 heterocycles. The van der Waals surface area contributed by atoms with Crippen molar-refractivity contribution in [2.24, 2.45) is 5.92 Å². The van der Waals surface area contributed by atoms with E-state index in [-0.39, 0.29) is 0 Å². The molecule has 1 aromatic rings. The predicted molar refractivity (Wildman–Crippen MR) is 75.5 cm³/mol. The summed E-state index contributed by atoms with van der Waals surface area (Å²) in [6, 6.07) is 7.18. The Hall–Kier alpha value is -1.22. The average Bonchev–Trinajstić information content (AvgIpc) is 3.09. The van der Waals surface area contributed by atoms with E-state index >= 15 is 0 Å². The van der Waals surface area contributed by atoms with Gasteiger partial charge in [-0.05, 0) is 50.3 Å². The molecule has 1 unspecified atom stereocenters. The van der Waals surface area contributed by atoms with Crippen LogP contribution in [0.25, 0.3) is 0 Å². The van der Waals surface area contributed by atoms with Crippen LogP contribution in [-0.4, -0.2) is 12.8 Å². The summed E-state index contributed by atoms with van der Waals surface area (Å²) in [5.41, 5.74) is 1.27. The number of hydrogen-bond donors (Lipinski definition) is 1. The van der Waals surface area contributed by atoms with Crippen molar-refractivity contribution in [2.75, 3.05) is 6.79 Å². The van der Waals surface area contributed by atoms with Crippen LogP contribution in [0.4, 0.5) is 0 Å². The van der Waals surface area contributed by atoms with Crippen molar-refractivity contribution >= 4 is 0 Å². The van der Waals surface area contributed by atoms with Gasteiger partial charge in [0.2, 0.25) is 6.79 Å². The first-order valence-corrected chi connectivity index (χ1v) is 7.39. The monoisotopic (exact) mass is 261 g/mol. The minimum absolute atomic E-state index is 0.346. The van der Waals surface area contributed by atoms with Crippen LogP contribution < -0.4 is 14.8 Å². The van der Waals surface area contributed by atoms with Crippen LogP contribution >= 0.6 is 0 Å². The molecule has 0 amide bonds. The lowest BCUT2D eigenvalue weighted by atomic mass is 9.97. The van der Waals surface area contributed by atoms with E-state index in [2.05, 4.69) is 31.3 Å². The van der Waals surface area contributed by atoms with E-state index in [4.69, 9.17) is 9.47 Å². The fraction of sp³-hybridized carbons (Fsp3) is 0.625. The van der Waals surface area contributed by atoms with Gasteiger partial charge in [0, 0.05) is 12.1 Å². The SMILES string of the molecule is CC(N[C@@H](C)C1CCCC1)c1ccc2c(c1)OCO2. The van der Waals surface area contributed by atoms with Crippen molar-refractivity contribution in [1.29, 1.82) is 0 Å². The maximum absolute atomic E-state index is 5.44. The molecule has 2 atom stereocenters. The normalized spacial score (nSPS) is 21.6. The van der Waals surface area contributed by atoms with Crippen molar-refractivity contribution in [3.8, 4) is 11.5 Å². The third-order valence-electron chi connectivity index (χ3n) is 4.52. The van der Waals surface area contributed by atoms with Crippen molar-refractivity contribution in [1.82, 2.24) is 5.32 Å². The second-order valence-electron chi connectivity index (χ2n) is 5.83. The van der Waals surface area contributed by atoms with Gasteiger partial charge in [0.1, 0.15) is 0 Å². The molecule has 19 heavy (non-hydrogen) atoms. The molecule has 104 valence electrons. The van der Waals surface area contributed by atoms with Crippen molar-refractivity contribution in [2.45, 2.75) is 51.6 Å². The quantitative estimate of drug-likeness (QED) is 0.897. The molecule has 1 aliphatic carbocycles. The van der Waals surface area contributed by atoms with Gasteiger partial charge in [-0.2, -0.15) is 0 Å². The summed E-state index contributed by atoms with van der Waals surface area (Å²) in [5, 5.41) is 3.73. The number of fused-ring (bicyclic) bond motifs is 1. The predicted octanol–water partition coefficient (Wildman–Crippen LogP) is 3.64.